The Balaban J connectivity index is 1.63. The van der Waals surface area contributed by atoms with Crippen molar-refractivity contribution in [2.75, 3.05) is 18.0 Å². The summed E-state index contributed by atoms with van der Waals surface area (Å²) in [6, 6.07) is 0.400. The van der Waals surface area contributed by atoms with Crippen molar-refractivity contribution in [1.82, 2.24) is 29.7 Å². The molecule has 1 unspecified atom stereocenters. The number of aryl methyl sites for hydroxylation is 1. The Kier molecular flexibility index (Phi) is 2.45. The summed E-state index contributed by atoms with van der Waals surface area (Å²) in [5, 5.41) is 4.42. The molecule has 0 amide bonds. The van der Waals surface area contributed by atoms with Crippen LogP contribution in [-0.4, -0.2) is 42.8 Å². The van der Waals surface area contributed by atoms with Crippen LogP contribution in [0.25, 0.3) is 11.2 Å². The van der Waals surface area contributed by atoms with Crippen molar-refractivity contribution in [1.29, 1.82) is 0 Å². The zero-order chi connectivity index (χ0) is 13.5. The molecular weight excluding hydrogens is 254 g/mol. The smallest absolute Gasteiger partial charge is 0.182 e. The van der Waals surface area contributed by atoms with E-state index in [-0.39, 0.29) is 0 Å². The van der Waals surface area contributed by atoms with Crippen LogP contribution in [0, 0.1) is 6.92 Å². The minimum absolute atomic E-state index is 0.400. The fourth-order valence-electron chi connectivity index (χ4n) is 2.77. The van der Waals surface area contributed by atoms with Gasteiger partial charge >= 0.3 is 0 Å². The van der Waals surface area contributed by atoms with Crippen molar-refractivity contribution in [3.8, 4) is 0 Å². The van der Waals surface area contributed by atoms with E-state index in [1.807, 2.05) is 6.20 Å². The molecule has 7 nitrogen and oxygen atoms in total. The standard InChI is InChI=1S/C13H15N7/c1-9-4-18-20(5-9)10-2-3-19(6-10)13-11-12(15-7-14-11)16-8-17-13/h4-5,7-8,10H,2-3,6H2,1H3,(H,14,15,16,17). The average molecular weight is 269 g/mol. The van der Waals surface area contributed by atoms with Crippen LogP contribution >= 0.6 is 0 Å². The minimum Gasteiger partial charge on any atom is -0.352 e. The van der Waals surface area contributed by atoms with E-state index in [4.69, 9.17) is 0 Å². The number of nitrogens with zero attached hydrogens (tertiary/aromatic N) is 6. The molecule has 1 fully saturated rings. The van der Waals surface area contributed by atoms with E-state index in [1.165, 1.54) is 5.56 Å². The molecule has 0 spiro atoms. The lowest BCUT2D eigenvalue weighted by atomic mass is 10.3. The fraction of sp³-hybridized carbons (Fsp3) is 0.385. The summed E-state index contributed by atoms with van der Waals surface area (Å²) >= 11 is 0. The number of hydrogen-bond acceptors (Lipinski definition) is 5. The largest absolute Gasteiger partial charge is 0.352 e. The average Bonchev–Trinajstić information content (AvgIpc) is 3.17. The maximum absolute atomic E-state index is 4.42. The van der Waals surface area contributed by atoms with Gasteiger partial charge < -0.3 is 9.88 Å². The molecule has 0 aliphatic carbocycles. The zero-order valence-electron chi connectivity index (χ0n) is 11.2. The molecule has 3 aromatic rings. The third-order valence-corrected chi connectivity index (χ3v) is 3.77. The van der Waals surface area contributed by atoms with Crippen LogP contribution in [0.3, 0.4) is 0 Å². The lowest BCUT2D eigenvalue weighted by molar-refractivity contribution is 0.494. The molecule has 0 aromatic carbocycles. The summed E-state index contributed by atoms with van der Waals surface area (Å²) in [6.07, 6.45) is 8.30. The second-order valence-corrected chi connectivity index (χ2v) is 5.18. The highest BCUT2D eigenvalue weighted by Crippen LogP contribution is 2.28. The number of nitrogens with one attached hydrogen (secondary N) is 1. The maximum atomic E-state index is 4.42. The van der Waals surface area contributed by atoms with Crippen LogP contribution in [0.1, 0.15) is 18.0 Å². The Morgan fingerprint density at radius 1 is 1.30 bits per heavy atom. The molecular formula is C13H15N7. The molecule has 3 aromatic heterocycles. The van der Waals surface area contributed by atoms with Crippen molar-refractivity contribution in [2.24, 2.45) is 0 Å². The third kappa shape index (κ3) is 1.74. The summed E-state index contributed by atoms with van der Waals surface area (Å²) in [6.45, 7) is 3.94. The second kappa shape index (κ2) is 4.29. The predicted octanol–water partition coefficient (Wildman–Crippen LogP) is 1.31. The van der Waals surface area contributed by atoms with Crippen LogP contribution in [-0.2, 0) is 0 Å². The number of aromatic amines is 1. The van der Waals surface area contributed by atoms with Crippen LogP contribution < -0.4 is 4.90 Å². The molecule has 0 bridgehead atoms. The van der Waals surface area contributed by atoms with Crippen LogP contribution in [0.4, 0.5) is 5.82 Å². The molecule has 4 heterocycles. The van der Waals surface area contributed by atoms with Gasteiger partial charge in [0, 0.05) is 19.3 Å². The molecule has 102 valence electrons. The Hall–Kier alpha value is -2.44. The summed E-state index contributed by atoms with van der Waals surface area (Å²) in [5.41, 5.74) is 2.82. The Morgan fingerprint density at radius 3 is 3.10 bits per heavy atom. The van der Waals surface area contributed by atoms with Crippen molar-refractivity contribution >= 4 is 17.0 Å². The van der Waals surface area contributed by atoms with Crippen molar-refractivity contribution < 1.29 is 0 Å². The fourth-order valence-corrected chi connectivity index (χ4v) is 2.77. The van der Waals surface area contributed by atoms with Gasteiger partial charge in [-0.05, 0) is 18.9 Å². The number of imidazole rings is 1. The number of aromatic nitrogens is 6. The highest BCUT2D eigenvalue weighted by atomic mass is 15.3. The summed E-state index contributed by atoms with van der Waals surface area (Å²) in [7, 11) is 0. The van der Waals surface area contributed by atoms with Crippen molar-refractivity contribution in [3.05, 3.63) is 30.6 Å². The number of hydrogen-bond donors (Lipinski definition) is 1. The van der Waals surface area contributed by atoms with Gasteiger partial charge in [0.25, 0.3) is 0 Å². The quantitative estimate of drug-likeness (QED) is 0.759. The van der Waals surface area contributed by atoms with Gasteiger partial charge in [-0.3, -0.25) is 4.68 Å². The van der Waals surface area contributed by atoms with Gasteiger partial charge in [-0.25, -0.2) is 15.0 Å². The summed E-state index contributed by atoms with van der Waals surface area (Å²) in [5.74, 6) is 0.930. The molecule has 1 saturated heterocycles. The van der Waals surface area contributed by atoms with Gasteiger partial charge in [0.15, 0.2) is 11.5 Å². The van der Waals surface area contributed by atoms with Gasteiger partial charge in [0.1, 0.15) is 11.8 Å². The van der Waals surface area contributed by atoms with Crippen LogP contribution in [0.15, 0.2) is 25.0 Å². The van der Waals surface area contributed by atoms with Crippen molar-refractivity contribution in [2.45, 2.75) is 19.4 Å². The van der Waals surface area contributed by atoms with Gasteiger partial charge in [0.05, 0.1) is 18.6 Å². The first kappa shape index (κ1) is 11.4. The third-order valence-electron chi connectivity index (χ3n) is 3.77. The predicted molar refractivity (Wildman–Crippen MR) is 74.5 cm³/mol. The van der Waals surface area contributed by atoms with Gasteiger partial charge in [-0.1, -0.05) is 0 Å². The van der Waals surface area contributed by atoms with Crippen LogP contribution in [0.5, 0.6) is 0 Å². The van der Waals surface area contributed by atoms with Gasteiger partial charge in [0.2, 0.25) is 0 Å². The number of fused-ring (bicyclic) bond motifs is 1. The monoisotopic (exact) mass is 269 g/mol. The van der Waals surface area contributed by atoms with Crippen LogP contribution in [0.2, 0.25) is 0 Å². The first-order chi connectivity index (χ1) is 9.81. The number of anilines is 1. The Bertz CT molecular complexity index is 744. The molecule has 4 rings (SSSR count). The van der Waals surface area contributed by atoms with Gasteiger partial charge in [-0.15, -0.1) is 0 Å². The first-order valence-electron chi connectivity index (χ1n) is 6.71. The molecule has 7 heteroatoms. The lowest BCUT2D eigenvalue weighted by Gasteiger charge is -2.17. The van der Waals surface area contributed by atoms with E-state index < -0.39 is 0 Å². The van der Waals surface area contributed by atoms with E-state index in [1.54, 1.807) is 12.7 Å². The Morgan fingerprint density at radius 2 is 2.25 bits per heavy atom. The van der Waals surface area contributed by atoms with Gasteiger partial charge in [-0.2, -0.15) is 5.10 Å². The highest BCUT2D eigenvalue weighted by molar-refractivity contribution is 5.82. The molecule has 1 atom stereocenters. The SMILES string of the molecule is Cc1cnn(C2CCN(c3ncnc4nc[nH]c34)C2)c1. The second-order valence-electron chi connectivity index (χ2n) is 5.18. The molecule has 20 heavy (non-hydrogen) atoms. The topological polar surface area (TPSA) is 75.5 Å². The summed E-state index contributed by atoms with van der Waals surface area (Å²) in [4.78, 5) is 18.1. The maximum Gasteiger partial charge on any atom is 0.182 e. The molecule has 0 radical (unpaired) electrons. The normalized spacial score (nSPS) is 19.1. The molecule has 1 aliphatic rings. The van der Waals surface area contributed by atoms with E-state index in [2.05, 4.69) is 47.7 Å². The van der Waals surface area contributed by atoms with Crippen molar-refractivity contribution in [3.63, 3.8) is 0 Å². The number of rotatable bonds is 2. The number of H-pyrrole nitrogens is 1. The molecule has 0 saturated carbocycles. The highest BCUT2D eigenvalue weighted by Gasteiger charge is 2.27. The first-order valence-corrected chi connectivity index (χ1v) is 6.71. The molecule has 1 N–H and O–H groups in total. The zero-order valence-corrected chi connectivity index (χ0v) is 11.2. The lowest BCUT2D eigenvalue weighted by Crippen LogP contribution is -2.22. The summed E-state index contributed by atoms with van der Waals surface area (Å²) < 4.78 is 2.06. The minimum atomic E-state index is 0.400. The van der Waals surface area contributed by atoms with E-state index >= 15 is 0 Å². The molecule has 1 aliphatic heterocycles. The van der Waals surface area contributed by atoms with E-state index in [0.717, 1.165) is 30.8 Å². The Labute approximate surface area is 115 Å². The van der Waals surface area contributed by atoms with E-state index in [9.17, 15) is 0 Å². The van der Waals surface area contributed by atoms with E-state index in [0.29, 0.717) is 11.7 Å².